The van der Waals surface area contributed by atoms with Crippen LogP contribution >= 0.6 is 22.6 Å². The monoisotopic (exact) mass is 420 g/mol. The Morgan fingerprint density at radius 3 is 2.86 bits per heavy atom. The standard InChI is InChI=1S/C14H14FIN2O4/c1-22-14(21)9-7-18(4-5-19)13(20)12(9)17-11-3-2-8(16)6-10(11)15/h2-3,6,17,19H,4-5,7H2,1H3. The number of amides is 1. The average Bonchev–Trinajstić information content (AvgIpc) is 2.79. The van der Waals surface area contributed by atoms with Gasteiger partial charge in [0.1, 0.15) is 11.5 Å². The van der Waals surface area contributed by atoms with Crippen LogP contribution in [0.25, 0.3) is 0 Å². The van der Waals surface area contributed by atoms with Gasteiger partial charge in [-0.2, -0.15) is 0 Å². The van der Waals surface area contributed by atoms with E-state index in [0.29, 0.717) is 3.57 Å². The molecule has 22 heavy (non-hydrogen) atoms. The molecule has 1 aliphatic rings. The van der Waals surface area contributed by atoms with E-state index in [-0.39, 0.29) is 36.7 Å². The normalized spacial score (nSPS) is 14.5. The van der Waals surface area contributed by atoms with Gasteiger partial charge < -0.3 is 20.1 Å². The van der Waals surface area contributed by atoms with Gasteiger partial charge in [0.2, 0.25) is 0 Å². The number of halogens is 2. The Balaban J connectivity index is 2.34. The van der Waals surface area contributed by atoms with Gasteiger partial charge in [-0.15, -0.1) is 0 Å². The van der Waals surface area contributed by atoms with E-state index in [2.05, 4.69) is 10.1 Å². The van der Waals surface area contributed by atoms with Gasteiger partial charge in [0.15, 0.2) is 0 Å². The maximum atomic E-state index is 13.9. The van der Waals surface area contributed by atoms with Crippen molar-refractivity contribution in [1.29, 1.82) is 0 Å². The number of esters is 1. The highest BCUT2D eigenvalue weighted by molar-refractivity contribution is 14.1. The Hall–Kier alpha value is -1.68. The van der Waals surface area contributed by atoms with E-state index in [4.69, 9.17) is 5.11 Å². The second-order valence-electron chi connectivity index (χ2n) is 4.54. The molecule has 8 heteroatoms. The molecule has 0 radical (unpaired) electrons. The van der Waals surface area contributed by atoms with Crippen molar-refractivity contribution < 1.29 is 23.8 Å². The first kappa shape index (κ1) is 16.7. The average molecular weight is 420 g/mol. The molecule has 0 aromatic heterocycles. The molecule has 0 fully saturated rings. The largest absolute Gasteiger partial charge is 0.466 e. The SMILES string of the molecule is COC(=O)C1=C(Nc2ccc(I)cc2F)C(=O)N(CCO)C1. The van der Waals surface area contributed by atoms with Crippen LogP contribution in [0.15, 0.2) is 29.5 Å². The molecule has 0 bridgehead atoms. The first-order valence-corrected chi connectivity index (χ1v) is 7.49. The molecule has 1 aliphatic heterocycles. The van der Waals surface area contributed by atoms with Crippen LogP contribution in [0, 0.1) is 9.39 Å². The van der Waals surface area contributed by atoms with Gasteiger partial charge in [-0.1, -0.05) is 0 Å². The van der Waals surface area contributed by atoms with Gasteiger partial charge in [0, 0.05) is 10.1 Å². The molecule has 1 aromatic rings. The fourth-order valence-corrected chi connectivity index (χ4v) is 2.53. The third-order valence-electron chi connectivity index (χ3n) is 3.14. The van der Waals surface area contributed by atoms with E-state index in [1.54, 1.807) is 6.07 Å². The molecule has 0 spiro atoms. The number of carbonyl (C=O) groups is 2. The number of nitrogens with one attached hydrogen (secondary N) is 1. The van der Waals surface area contributed by atoms with Gasteiger partial charge in [0.25, 0.3) is 5.91 Å². The van der Waals surface area contributed by atoms with Crippen LogP contribution in [0.4, 0.5) is 10.1 Å². The van der Waals surface area contributed by atoms with E-state index in [1.165, 1.54) is 24.1 Å². The summed E-state index contributed by atoms with van der Waals surface area (Å²) in [5, 5.41) is 11.6. The van der Waals surface area contributed by atoms with Crippen LogP contribution < -0.4 is 5.32 Å². The Morgan fingerprint density at radius 2 is 2.27 bits per heavy atom. The molecule has 0 aliphatic carbocycles. The number of β-amino-alcohol motifs (C(OH)–C–C–N with tert-alkyl or cyclic N) is 1. The fraction of sp³-hybridized carbons (Fsp3) is 0.286. The zero-order valence-corrected chi connectivity index (χ0v) is 13.9. The molecule has 1 aromatic carbocycles. The zero-order chi connectivity index (χ0) is 16.3. The molecule has 1 amide bonds. The number of methoxy groups -OCH3 is 1. The van der Waals surface area contributed by atoms with E-state index < -0.39 is 17.7 Å². The highest BCUT2D eigenvalue weighted by Crippen LogP contribution is 2.25. The Bertz CT molecular complexity index is 648. The van der Waals surface area contributed by atoms with Crippen molar-refractivity contribution in [3.05, 3.63) is 38.9 Å². The summed E-state index contributed by atoms with van der Waals surface area (Å²) in [4.78, 5) is 25.4. The fourth-order valence-electron chi connectivity index (χ4n) is 2.07. The quantitative estimate of drug-likeness (QED) is 0.551. The van der Waals surface area contributed by atoms with Gasteiger partial charge >= 0.3 is 5.97 Å². The number of aliphatic hydroxyl groups is 1. The number of anilines is 1. The molecular formula is C14H14FIN2O4. The first-order valence-electron chi connectivity index (χ1n) is 6.41. The summed E-state index contributed by atoms with van der Waals surface area (Å²) < 4.78 is 19.3. The van der Waals surface area contributed by atoms with Gasteiger partial charge in [0.05, 0.1) is 31.5 Å². The van der Waals surface area contributed by atoms with Crippen molar-refractivity contribution >= 4 is 40.2 Å². The van der Waals surface area contributed by atoms with Gasteiger partial charge in [-0.3, -0.25) is 4.79 Å². The zero-order valence-electron chi connectivity index (χ0n) is 11.7. The molecule has 118 valence electrons. The lowest BCUT2D eigenvalue weighted by Gasteiger charge is -2.15. The minimum atomic E-state index is -0.665. The maximum Gasteiger partial charge on any atom is 0.337 e. The van der Waals surface area contributed by atoms with Crippen molar-refractivity contribution in [1.82, 2.24) is 4.90 Å². The second-order valence-corrected chi connectivity index (χ2v) is 5.79. The molecule has 6 nitrogen and oxygen atoms in total. The van der Waals surface area contributed by atoms with E-state index in [1.807, 2.05) is 22.6 Å². The van der Waals surface area contributed by atoms with E-state index in [0.717, 1.165) is 0 Å². The summed E-state index contributed by atoms with van der Waals surface area (Å²) >= 11 is 1.97. The third kappa shape index (κ3) is 3.38. The first-order chi connectivity index (χ1) is 10.5. The highest BCUT2D eigenvalue weighted by Gasteiger charge is 2.34. The van der Waals surface area contributed by atoms with Gasteiger partial charge in [-0.25, -0.2) is 9.18 Å². The number of nitrogens with zero attached hydrogens (tertiary/aromatic N) is 1. The number of ether oxygens (including phenoxy) is 1. The van der Waals surface area contributed by atoms with Crippen LogP contribution in [0.5, 0.6) is 0 Å². The number of carbonyl (C=O) groups excluding carboxylic acids is 2. The topological polar surface area (TPSA) is 78.9 Å². The predicted molar refractivity (Wildman–Crippen MR) is 85.4 cm³/mol. The highest BCUT2D eigenvalue weighted by atomic mass is 127. The van der Waals surface area contributed by atoms with Crippen molar-refractivity contribution in [3.63, 3.8) is 0 Å². The molecular weight excluding hydrogens is 406 g/mol. The van der Waals surface area contributed by atoms with E-state index >= 15 is 0 Å². The molecule has 0 saturated carbocycles. The second kappa shape index (κ2) is 7.05. The van der Waals surface area contributed by atoms with Crippen LogP contribution in [0.1, 0.15) is 0 Å². The third-order valence-corrected chi connectivity index (χ3v) is 3.82. The lowest BCUT2D eigenvalue weighted by atomic mass is 10.2. The summed E-state index contributed by atoms with van der Waals surface area (Å²) in [6, 6.07) is 4.47. The Kier molecular flexibility index (Phi) is 5.35. The smallest absolute Gasteiger partial charge is 0.337 e. The van der Waals surface area contributed by atoms with Crippen molar-refractivity contribution in [3.8, 4) is 0 Å². The number of benzene rings is 1. The summed E-state index contributed by atoms with van der Waals surface area (Å²) in [5.74, 6) is -1.67. The van der Waals surface area contributed by atoms with Crippen LogP contribution in [0.2, 0.25) is 0 Å². The van der Waals surface area contributed by atoms with Crippen LogP contribution in [-0.2, 0) is 14.3 Å². The van der Waals surface area contributed by atoms with Crippen molar-refractivity contribution in [2.75, 3.05) is 32.1 Å². The number of rotatable bonds is 5. The van der Waals surface area contributed by atoms with Gasteiger partial charge in [-0.05, 0) is 40.8 Å². The Morgan fingerprint density at radius 1 is 1.55 bits per heavy atom. The molecule has 2 rings (SSSR count). The minimum Gasteiger partial charge on any atom is -0.466 e. The molecule has 0 atom stereocenters. The molecule has 2 N–H and O–H groups in total. The molecule has 0 saturated heterocycles. The van der Waals surface area contributed by atoms with Crippen molar-refractivity contribution in [2.24, 2.45) is 0 Å². The number of hydrogen-bond donors (Lipinski definition) is 2. The Labute approximate surface area is 140 Å². The maximum absolute atomic E-state index is 13.9. The minimum absolute atomic E-state index is 0.0143. The van der Waals surface area contributed by atoms with Crippen LogP contribution in [0.3, 0.4) is 0 Å². The lowest BCUT2D eigenvalue weighted by molar-refractivity contribution is -0.136. The number of hydrogen-bond acceptors (Lipinski definition) is 5. The summed E-state index contributed by atoms with van der Waals surface area (Å²) in [7, 11) is 1.21. The molecule has 0 unspecified atom stereocenters. The van der Waals surface area contributed by atoms with E-state index in [9.17, 15) is 14.0 Å². The summed E-state index contributed by atoms with van der Waals surface area (Å²) in [5.41, 5.74) is 0.176. The van der Waals surface area contributed by atoms with Crippen molar-refractivity contribution in [2.45, 2.75) is 0 Å². The lowest BCUT2D eigenvalue weighted by Crippen LogP contribution is -2.31. The molecule has 1 heterocycles. The summed E-state index contributed by atoms with van der Waals surface area (Å²) in [6.45, 7) is -0.134. The summed E-state index contributed by atoms with van der Waals surface area (Å²) in [6.07, 6.45) is 0. The van der Waals surface area contributed by atoms with Crippen LogP contribution in [-0.4, -0.2) is 48.7 Å². The number of aliphatic hydroxyl groups excluding tert-OH is 1. The predicted octanol–water partition coefficient (Wildman–Crippen LogP) is 1.10.